The first-order valence-electron chi connectivity index (χ1n) is 5.02. The number of halogens is 2. The molecule has 5 heteroatoms. The maximum Gasteiger partial charge on any atom is 0.146 e. The number of anilines is 1. The minimum Gasteiger partial charge on any atom is -0.454 e. The van der Waals surface area contributed by atoms with Gasteiger partial charge in [0.25, 0.3) is 0 Å². The standard InChI is InChI=1S/C13H8ClFN2O/c14-11-6-10(17)2-4-13(11)18-12-3-1-9(15)5-8(12)7-16/h1-6H,17H2. The van der Waals surface area contributed by atoms with Crippen LogP contribution in [0.5, 0.6) is 11.5 Å². The summed E-state index contributed by atoms with van der Waals surface area (Å²) in [6.45, 7) is 0. The molecule has 0 unspecified atom stereocenters. The number of ether oxygens (including phenoxy) is 1. The molecule has 2 aromatic rings. The Balaban J connectivity index is 2.37. The molecule has 0 spiro atoms. The number of nitrogens with two attached hydrogens (primary N) is 1. The Morgan fingerprint density at radius 2 is 1.89 bits per heavy atom. The van der Waals surface area contributed by atoms with Crippen LogP contribution in [0.1, 0.15) is 5.56 Å². The zero-order valence-electron chi connectivity index (χ0n) is 9.15. The second-order valence-corrected chi connectivity index (χ2v) is 3.95. The summed E-state index contributed by atoms with van der Waals surface area (Å²) in [5.41, 5.74) is 6.16. The highest BCUT2D eigenvalue weighted by Gasteiger charge is 2.08. The zero-order chi connectivity index (χ0) is 13.1. The van der Waals surface area contributed by atoms with E-state index in [2.05, 4.69) is 0 Å². The SMILES string of the molecule is N#Cc1cc(F)ccc1Oc1ccc(N)cc1Cl. The van der Waals surface area contributed by atoms with Crippen molar-refractivity contribution in [1.82, 2.24) is 0 Å². The van der Waals surface area contributed by atoms with E-state index in [1.54, 1.807) is 12.1 Å². The number of rotatable bonds is 2. The normalized spacial score (nSPS) is 9.83. The van der Waals surface area contributed by atoms with E-state index in [9.17, 15) is 4.39 Å². The fourth-order valence-corrected chi connectivity index (χ4v) is 1.62. The van der Waals surface area contributed by atoms with E-state index < -0.39 is 5.82 Å². The van der Waals surface area contributed by atoms with Gasteiger partial charge < -0.3 is 10.5 Å². The molecular formula is C13H8ClFN2O. The van der Waals surface area contributed by atoms with E-state index in [1.807, 2.05) is 6.07 Å². The van der Waals surface area contributed by atoms with Crippen LogP contribution in [-0.4, -0.2) is 0 Å². The molecular weight excluding hydrogens is 255 g/mol. The van der Waals surface area contributed by atoms with Gasteiger partial charge in [0.15, 0.2) is 0 Å². The molecule has 0 saturated heterocycles. The Hall–Kier alpha value is -2.25. The number of benzene rings is 2. The molecule has 0 amide bonds. The molecule has 3 nitrogen and oxygen atoms in total. The van der Waals surface area contributed by atoms with Gasteiger partial charge in [0, 0.05) is 5.69 Å². The van der Waals surface area contributed by atoms with Crippen LogP contribution in [0.4, 0.5) is 10.1 Å². The predicted molar refractivity (Wildman–Crippen MR) is 67.1 cm³/mol. The van der Waals surface area contributed by atoms with Gasteiger partial charge in [-0.3, -0.25) is 0 Å². The molecule has 0 aliphatic carbocycles. The van der Waals surface area contributed by atoms with E-state index in [-0.39, 0.29) is 11.3 Å². The summed E-state index contributed by atoms with van der Waals surface area (Å²) in [7, 11) is 0. The highest BCUT2D eigenvalue weighted by Crippen LogP contribution is 2.32. The average molecular weight is 263 g/mol. The van der Waals surface area contributed by atoms with Crippen LogP contribution in [0.15, 0.2) is 36.4 Å². The minimum atomic E-state index is -0.498. The van der Waals surface area contributed by atoms with Crippen molar-refractivity contribution in [2.45, 2.75) is 0 Å². The van der Waals surface area contributed by atoms with Crippen molar-refractivity contribution in [2.24, 2.45) is 0 Å². The number of nitrogens with zero attached hydrogens (tertiary/aromatic N) is 1. The fourth-order valence-electron chi connectivity index (χ4n) is 1.40. The summed E-state index contributed by atoms with van der Waals surface area (Å²) in [5, 5.41) is 9.21. The van der Waals surface area contributed by atoms with Crippen molar-refractivity contribution in [1.29, 1.82) is 5.26 Å². The number of nitrogen functional groups attached to an aromatic ring is 1. The van der Waals surface area contributed by atoms with E-state index >= 15 is 0 Å². The first kappa shape index (κ1) is 12.2. The average Bonchev–Trinajstić information content (AvgIpc) is 2.34. The Labute approximate surface area is 108 Å². The predicted octanol–water partition coefficient (Wildman–Crippen LogP) is 3.73. The quantitative estimate of drug-likeness (QED) is 0.839. The summed E-state index contributed by atoms with van der Waals surface area (Å²) in [6.07, 6.45) is 0. The van der Waals surface area contributed by atoms with Crippen LogP contribution in [0.2, 0.25) is 5.02 Å². The Kier molecular flexibility index (Phi) is 3.35. The van der Waals surface area contributed by atoms with Crippen LogP contribution in [0.3, 0.4) is 0 Å². The first-order chi connectivity index (χ1) is 8.60. The molecule has 90 valence electrons. The third-order valence-electron chi connectivity index (χ3n) is 2.24. The van der Waals surface area contributed by atoms with Crippen molar-refractivity contribution < 1.29 is 9.13 Å². The van der Waals surface area contributed by atoms with Gasteiger partial charge in [-0.2, -0.15) is 5.26 Å². The maximum atomic E-state index is 13.0. The maximum absolute atomic E-state index is 13.0. The highest BCUT2D eigenvalue weighted by atomic mass is 35.5. The molecule has 0 radical (unpaired) electrons. The molecule has 0 aromatic heterocycles. The highest BCUT2D eigenvalue weighted by molar-refractivity contribution is 6.32. The number of hydrogen-bond acceptors (Lipinski definition) is 3. The largest absolute Gasteiger partial charge is 0.454 e. The van der Waals surface area contributed by atoms with E-state index in [0.717, 1.165) is 6.07 Å². The van der Waals surface area contributed by atoms with Gasteiger partial charge in [0.1, 0.15) is 23.4 Å². The molecule has 0 saturated carbocycles. The molecule has 0 aliphatic rings. The fraction of sp³-hybridized carbons (Fsp3) is 0. The Morgan fingerprint density at radius 1 is 1.17 bits per heavy atom. The van der Waals surface area contributed by atoms with Gasteiger partial charge in [-0.25, -0.2) is 4.39 Å². The van der Waals surface area contributed by atoms with Gasteiger partial charge in [-0.1, -0.05) is 11.6 Å². The number of nitriles is 1. The summed E-state index contributed by atoms with van der Waals surface area (Å²) in [6, 6.07) is 10.3. The molecule has 0 heterocycles. The smallest absolute Gasteiger partial charge is 0.146 e. The molecule has 0 fully saturated rings. The second-order valence-electron chi connectivity index (χ2n) is 3.54. The topological polar surface area (TPSA) is 59.0 Å². The summed E-state index contributed by atoms with van der Waals surface area (Å²) < 4.78 is 18.4. The van der Waals surface area contributed by atoms with Crippen LogP contribution < -0.4 is 10.5 Å². The van der Waals surface area contributed by atoms with Crippen LogP contribution >= 0.6 is 11.6 Å². The van der Waals surface area contributed by atoms with E-state index in [0.29, 0.717) is 16.5 Å². The third-order valence-corrected chi connectivity index (χ3v) is 2.53. The van der Waals surface area contributed by atoms with Crippen LogP contribution in [0, 0.1) is 17.1 Å². The van der Waals surface area contributed by atoms with Crippen LogP contribution in [-0.2, 0) is 0 Å². The van der Waals surface area contributed by atoms with E-state index in [1.165, 1.54) is 18.2 Å². The van der Waals surface area contributed by atoms with Gasteiger partial charge in [-0.05, 0) is 36.4 Å². The van der Waals surface area contributed by atoms with Gasteiger partial charge in [0.2, 0.25) is 0 Å². The molecule has 2 N–H and O–H groups in total. The van der Waals surface area contributed by atoms with Crippen molar-refractivity contribution in [3.05, 3.63) is 52.8 Å². The van der Waals surface area contributed by atoms with E-state index in [4.69, 9.17) is 27.3 Å². The molecule has 18 heavy (non-hydrogen) atoms. The summed E-state index contributed by atoms with van der Waals surface area (Å²) in [5.74, 6) is 0.0989. The van der Waals surface area contributed by atoms with Crippen LogP contribution in [0.25, 0.3) is 0 Å². The van der Waals surface area contributed by atoms with Gasteiger partial charge in [0.05, 0.1) is 10.6 Å². The van der Waals surface area contributed by atoms with Crippen molar-refractivity contribution in [3.8, 4) is 17.6 Å². The molecule has 0 atom stereocenters. The summed E-state index contributed by atoms with van der Waals surface area (Å²) in [4.78, 5) is 0. The third kappa shape index (κ3) is 2.53. The van der Waals surface area contributed by atoms with Gasteiger partial charge >= 0.3 is 0 Å². The van der Waals surface area contributed by atoms with Crippen molar-refractivity contribution in [2.75, 3.05) is 5.73 Å². The first-order valence-corrected chi connectivity index (χ1v) is 5.40. The van der Waals surface area contributed by atoms with Gasteiger partial charge in [-0.15, -0.1) is 0 Å². The Bertz CT molecular complexity index is 637. The second kappa shape index (κ2) is 4.94. The monoisotopic (exact) mass is 262 g/mol. The lowest BCUT2D eigenvalue weighted by Crippen LogP contribution is -1.91. The number of hydrogen-bond donors (Lipinski definition) is 1. The molecule has 2 rings (SSSR count). The lowest BCUT2D eigenvalue weighted by molar-refractivity contribution is 0.479. The molecule has 0 aliphatic heterocycles. The molecule has 2 aromatic carbocycles. The lowest BCUT2D eigenvalue weighted by atomic mass is 10.2. The van der Waals surface area contributed by atoms with Crippen molar-refractivity contribution >= 4 is 17.3 Å². The van der Waals surface area contributed by atoms with Crippen molar-refractivity contribution in [3.63, 3.8) is 0 Å². The Morgan fingerprint density at radius 3 is 2.56 bits per heavy atom. The zero-order valence-corrected chi connectivity index (χ0v) is 9.91. The lowest BCUT2D eigenvalue weighted by Gasteiger charge is -2.09. The minimum absolute atomic E-state index is 0.0999. The molecule has 0 bridgehead atoms. The summed E-state index contributed by atoms with van der Waals surface area (Å²) >= 11 is 5.94.